The molecule has 0 radical (unpaired) electrons. The van der Waals surface area contributed by atoms with Gasteiger partial charge in [0.05, 0.1) is 11.2 Å². The first-order valence-corrected chi connectivity index (χ1v) is 7.74. The predicted molar refractivity (Wildman–Crippen MR) is 87.0 cm³/mol. The number of hydrogen-bond acceptors (Lipinski definition) is 4. The molecule has 1 amide bonds. The molecular weight excluding hydrogens is 280 g/mol. The van der Waals surface area contributed by atoms with Gasteiger partial charge in [0.2, 0.25) is 0 Å². The zero-order valence-electron chi connectivity index (χ0n) is 13.6. The van der Waals surface area contributed by atoms with E-state index < -0.39 is 11.2 Å². The Balaban J connectivity index is 1.97. The lowest BCUT2D eigenvalue weighted by Gasteiger charge is -2.40. The number of hydrogen-bond donors (Lipinski definition) is 3. The maximum Gasteiger partial charge on any atom is 0.253 e. The quantitative estimate of drug-likeness (QED) is 0.794. The first-order chi connectivity index (χ1) is 10.2. The highest BCUT2D eigenvalue weighted by Gasteiger charge is 2.37. The molecule has 0 aromatic heterocycles. The van der Waals surface area contributed by atoms with Gasteiger partial charge in [-0.1, -0.05) is 0 Å². The third kappa shape index (κ3) is 4.21. The summed E-state index contributed by atoms with van der Waals surface area (Å²) in [7, 11) is 1.84. The molecule has 0 aliphatic carbocycles. The summed E-state index contributed by atoms with van der Waals surface area (Å²) >= 11 is 0. The summed E-state index contributed by atoms with van der Waals surface area (Å²) < 4.78 is 0. The molecule has 0 atom stereocenters. The molecule has 1 aromatic rings. The Morgan fingerprint density at radius 1 is 1.27 bits per heavy atom. The third-order valence-electron chi connectivity index (χ3n) is 4.16. The number of nitrogens with zero attached hydrogens (tertiary/aromatic N) is 1. The monoisotopic (exact) mass is 306 g/mol. The highest BCUT2D eigenvalue weighted by atomic mass is 16.3. The topological polar surface area (TPSA) is 72.8 Å². The van der Waals surface area contributed by atoms with Crippen LogP contribution in [0.4, 0.5) is 5.69 Å². The summed E-state index contributed by atoms with van der Waals surface area (Å²) in [5, 5.41) is 23.5. The zero-order chi connectivity index (χ0) is 16.4. The molecular formula is C17H26N2O3. The molecule has 0 saturated carbocycles. The minimum absolute atomic E-state index is 0.00652. The van der Waals surface area contributed by atoms with Gasteiger partial charge >= 0.3 is 0 Å². The summed E-state index contributed by atoms with van der Waals surface area (Å²) in [5.41, 5.74) is -0.156. The lowest BCUT2D eigenvalue weighted by Crippen LogP contribution is -2.49. The molecule has 0 unspecified atom stereocenters. The van der Waals surface area contributed by atoms with Crippen LogP contribution < -0.4 is 5.32 Å². The van der Waals surface area contributed by atoms with Crippen molar-refractivity contribution in [3.63, 3.8) is 0 Å². The van der Waals surface area contributed by atoms with E-state index >= 15 is 0 Å². The standard InChI is InChI=1S/C17H26N2O3/c1-16(2,21)12-17(22)8-10-19(11-9-17)15(20)13-4-6-14(18-3)7-5-13/h4-7,18,21-22H,8-12H2,1-3H3. The van der Waals surface area contributed by atoms with E-state index in [9.17, 15) is 15.0 Å². The Hall–Kier alpha value is -1.59. The van der Waals surface area contributed by atoms with Gasteiger partial charge in [-0.15, -0.1) is 0 Å². The van der Waals surface area contributed by atoms with E-state index in [0.717, 1.165) is 5.69 Å². The summed E-state index contributed by atoms with van der Waals surface area (Å²) in [6, 6.07) is 7.38. The molecule has 0 bridgehead atoms. The number of carbonyl (C=O) groups excluding carboxylic acids is 1. The fraction of sp³-hybridized carbons (Fsp3) is 0.588. The van der Waals surface area contributed by atoms with Crippen molar-refractivity contribution in [2.75, 3.05) is 25.5 Å². The minimum atomic E-state index is -0.899. The molecule has 1 saturated heterocycles. The van der Waals surface area contributed by atoms with E-state index in [0.29, 0.717) is 37.9 Å². The summed E-state index contributed by atoms with van der Waals surface area (Å²) in [6.45, 7) is 4.43. The molecule has 0 spiro atoms. The molecule has 5 nitrogen and oxygen atoms in total. The molecule has 1 aliphatic rings. The van der Waals surface area contributed by atoms with Crippen molar-refractivity contribution < 1.29 is 15.0 Å². The highest BCUT2D eigenvalue weighted by Crippen LogP contribution is 2.31. The molecule has 122 valence electrons. The van der Waals surface area contributed by atoms with Crippen LogP contribution >= 0.6 is 0 Å². The van der Waals surface area contributed by atoms with Gasteiger partial charge in [0.1, 0.15) is 0 Å². The second-order valence-corrected chi connectivity index (χ2v) is 6.83. The van der Waals surface area contributed by atoms with Gasteiger partial charge in [-0.25, -0.2) is 0 Å². The fourth-order valence-corrected chi connectivity index (χ4v) is 3.07. The van der Waals surface area contributed by atoms with Crippen molar-refractivity contribution in [2.45, 2.75) is 44.3 Å². The normalized spacial score (nSPS) is 18.1. The Kier molecular flexibility index (Phi) is 4.78. The maximum absolute atomic E-state index is 12.5. The molecule has 1 aromatic carbocycles. The van der Waals surface area contributed by atoms with Gasteiger partial charge in [-0.2, -0.15) is 0 Å². The van der Waals surface area contributed by atoms with Crippen molar-refractivity contribution in [3.05, 3.63) is 29.8 Å². The van der Waals surface area contributed by atoms with Gasteiger partial charge in [0.15, 0.2) is 0 Å². The smallest absolute Gasteiger partial charge is 0.253 e. The van der Waals surface area contributed by atoms with E-state index in [2.05, 4.69) is 5.32 Å². The first-order valence-electron chi connectivity index (χ1n) is 7.74. The molecule has 1 aliphatic heterocycles. The number of likely N-dealkylation sites (tertiary alicyclic amines) is 1. The zero-order valence-corrected chi connectivity index (χ0v) is 13.6. The van der Waals surface area contributed by atoms with Crippen LogP contribution in [-0.4, -0.2) is 52.4 Å². The highest BCUT2D eigenvalue weighted by molar-refractivity contribution is 5.94. The van der Waals surface area contributed by atoms with Crippen molar-refractivity contribution in [3.8, 4) is 0 Å². The van der Waals surface area contributed by atoms with Gasteiger partial charge in [-0.05, 0) is 51.0 Å². The molecule has 22 heavy (non-hydrogen) atoms. The molecule has 3 N–H and O–H groups in total. The number of benzene rings is 1. The largest absolute Gasteiger partial charge is 0.390 e. The number of rotatable bonds is 4. The van der Waals surface area contributed by atoms with Crippen LogP contribution in [0.15, 0.2) is 24.3 Å². The van der Waals surface area contributed by atoms with Gasteiger partial charge in [-0.3, -0.25) is 4.79 Å². The van der Waals surface area contributed by atoms with E-state index in [1.807, 2.05) is 31.3 Å². The average Bonchev–Trinajstić information content (AvgIpc) is 2.45. The molecule has 1 heterocycles. The molecule has 1 fully saturated rings. The van der Waals surface area contributed by atoms with E-state index in [1.165, 1.54) is 0 Å². The van der Waals surface area contributed by atoms with E-state index in [1.54, 1.807) is 18.7 Å². The van der Waals surface area contributed by atoms with Gasteiger partial charge < -0.3 is 20.4 Å². The number of anilines is 1. The molecule has 5 heteroatoms. The second kappa shape index (κ2) is 6.26. The Bertz CT molecular complexity index is 512. The SMILES string of the molecule is CNc1ccc(C(=O)N2CCC(O)(CC(C)(C)O)CC2)cc1. The van der Waals surface area contributed by atoms with Gasteiger partial charge in [0.25, 0.3) is 5.91 Å². The van der Waals surface area contributed by atoms with Crippen molar-refractivity contribution in [2.24, 2.45) is 0 Å². The lowest BCUT2D eigenvalue weighted by molar-refractivity contribution is -0.0746. The summed E-state index contributed by atoms with van der Waals surface area (Å²) in [5.74, 6) is -0.00652. The maximum atomic E-state index is 12.5. The third-order valence-corrected chi connectivity index (χ3v) is 4.16. The van der Waals surface area contributed by atoms with Crippen LogP contribution in [0.1, 0.15) is 43.5 Å². The number of amides is 1. The van der Waals surface area contributed by atoms with E-state index in [-0.39, 0.29) is 5.91 Å². The van der Waals surface area contributed by atoms with Crippen LogP contribution in [0.25, 0.3) is 0 Å². The predicted octanol–water partition coefficient (Wildman–Crippen LogP) is 1.86. The fourth-order valence-electron chi connectivity index (χ4n) is 3.07. The molecule has 2 rings (SSSR count). The lowest BCUT2D eigenvalue weighted by atomic mass is 9.82. The van der Waals surface area contributed by atoms with Crippen molar-refractivity contribution in [1.82, 2.24) is 4.90 Å². The number of nitrogens with one attached hydrogen (secondary N) is 1. The van der Waals surface area contributed by atoms with Crippen LogP contribution in [0.2, 0.25) is 0 Å². The average molecular weight is 306 g/mol. The number of carbonyl (C=O) groups is 1. The van der Waals surface area contributed by atoms with Gasteiger partial charge in [0, 0.05) is 37.8 Å². The number of aliphatic hydroxyl groups is 2. The Morgan fingerprint density at radius 2 is 1.82 bits per heavy atom. The number of piperidine rings is 1. The summed E-state index contributed by atoms with van der Waals surface area (Å²) in [6.07, 6.45) is 1.33. The van der Waals surface area contributed by atoms with Crippen LogP contribution in [0.3, 0.4) is 0 Å². The van der Waals surface area contributed by atoms with Crippen LogP contribution in [0.5, 0.6) is 0 Å². The van der Waals surface area contributed by atoms with Crippen molar-refractivity contribution in [1.29, 1.82) is 0 Å². The van der Waals surface area contributed by atoms with Crippen LogP contribution in [-0.2, 0) is 0 Å². The minimum Gasteiger partial charge on any atom is -0.390 e. The second-order valence-electron chi connectivity index (χ2n) is 6.83. The Labute approximate surface area is 131 Å². The van der Waals surface area contributed by atoms with Crippen LogP contribution in [0, 0.1) is 0 Å². The first kappa shape index (κ1) is 16.8. The van der Waals surface area contributed by atoms with E-state index in [4.69, 9.17) is 0 Å². The van der Waals surface area contributed by atoms with Crippen molar-refractivity contribution >= 4 is 11.6 Å². The summed E-state index contributed by atoms with van der Waals surface area (Å²) in [4.78, 5) is 14.2. The Morgan fingerprint density at radius 3 is 2.27 bits per heavy atom.